The Balaban J connectivity index is 2.10. The molecule has 0 saturated carbocycles. The summed E-state index contributed by atoms with van der Waals surface area (Å²) in [5.41, 5.74) is 3.68. The van der Waals surface area contributed by atoms with Crippen molar-refractivity contribution in [1.82, 2.24) is 9.45 Å². The number of benzene rings is 2. The fourth-order valence-corrected chi connectivity index (χ4v) is 8.81. The summed E-state index contributed by atoms with van der Waals surface area (Å²) >= 11 is 0. The van der Waals surface area contributed by atoms with Gasteiger partial charge >= 0.3 is 0 Å². The summed E-state index contributed by atoms with van der Waals surface area (Å²) < 4.78 is 9.48. The first kappa shape index (κ1) is 23.2. The first-order chi connectivity index (χ1) is 15.7. The highest BCUT2D eigenvalue weighted by molar-refractivity contribution is 7.67. The van der Waals surface area contributed by atoms with E-state index in [1.807, 2.05) is 18.0 Å². The molecule has 2 aromatic rings. The van der Waals surface area contributed by atoms with Gasteiger partial charge in [0.25, 0.3) is 5.69 Å². The van der Waals surface area contributed by atoms with Gasteiger partial charge in [0.15, 0.2) is 7.36 Å². The van der Waals surface area contributed by atoms with E-state index in [0.29, 0.717) is 5.69 Å². The fourth-order valence-electron chi connectivity index (χ4n) is 5.09. The van der Waals surface area contributed by atoms with Crippen LogP contribution in [0.5, 0.6) is 0 Å². The van der Waals surface area contributed by atoms with Crippen LogP contribution in [0, 0.1) is 10.1 Å². The van der Waals surface area contributed by atoms with Crippen LogP contribution in [0.1, 0.15) is 33.3 Å². The van der Waals surface area contributed by atoms with Gasteiger partial charge in [0.05, 0.1) is 16.5 Å². The standard InChI is InChI=1S/C24H31N6O2P/c1-7-29(8-2)33(26-19-14-10-12-16-21(19)30(31)32)22(17-25-28(33)6)23-24(3,4)18-13-9-11-15-20(18)27(23)5/h9-17H,7-8H2,1-6H3/b23-22+/t33-/m1/s1. The molecule has 0 fully saturated rings. The van der Waals surface area contributed by atoms with Gasteiger partial charge in [-0.3, -0.25) is 10.1 Å². The number of nitrogens with zero attached hydrogens (tertiary/aromatic N) is 6. The van der Waals surface area contributed by atoms with Crippen molar-refractivity contribution in [2.45, 2.75) is 33.1 Å². The first-order valence-electron chi connectivity index (χ1n) is 11.2. The highest BCUT2D eigenvalue weighted by atomic mass is 31.2. The van der Waals surface area contributed by atoms with Gasteiger partial charge in [-0.25, -0.2) is 14.2 Å². The summed E-state index contributed by atoms with van der Waals surface area (Å²) in [4.78, 5) is 13.7. The van der Waals surface area contributed by atoms with Crippen LogP contribution in [0.25, 0.3) is 0 Å². The quantitative estimate of drug-likeness (QED) is 0.299. The molecule has 174 valence electrons. The smallest absolute Gasteiger partial charge is 0.294 e. The Bertz CT molecular complexity index is 1210. The van der Waals surface area contributed by atoms with Crippen molar-refractivity contribution >= 4 is 30.6 Å². The van der Waals surface area contributed by atoms with Gasteiger partial charge < -0.3 is 4.90 Å². The first-order valence-corrected chi connectivity index (χ1v) is 12.8. The number of likely N-dealkylation sites (N-methyl/N-ethyl adjacent to an activating group) is 1. The Hall–Kier alpha value is -2.96. The van der Waals surface area contributed by atoms with Crippen LogP contribution < -0.4 is 4.90 Å². The SMILES string of the molecule is CCN(CC)[P@@]1(=Nc2ccccc2[N+](=O)[O-])/C(=C2/N(C)c3ccccc3C2(C)C)C=NN1C. The molecule has 1 atom stereocenters. The minimum absolute atomic E-state index is 0.0102. The average Bonchev–Trinajstić information content (AvgIpc) is 3.20. The van der Waals surface area contributed by atoms with Crippen molar-refractivity contribution in [3.05, 3.63) is 75.2 Å². The molecule has 0 aliphatic carbocycles. The number of hydrogen-bond acceptors (Lipinski definition) is 5. The third kappa shape index (κ3) is 3.40. The van der Waals surface area contributed by atoms with Crippen LogP contribution in [-0.4, -0.2) is 47.8 Å². The maximum atomic E-state index is 11.8. The summed E-state index contributed by atoms with van der Waals surface area (Å²) in [5, 5.41) is 17.6. The molecule has 0 N–H and O–H groups in total. The van der Waals surface area contributed by atoms with Gasteiger partial charge in [-0.15, -0.1) is 0 Å². The topological polar surface area (TPSA) is 77.6 Å². The molecule has 2 aliphatic rings. The van der Waals surface area contributed by atoms with Crippen molar-refractivity contribution in [2.24, 2.45) is 9.85 Å². The molecule has 0 saturated heterocycles. The Kier molecular flexibility index (Phi) is 5.93. The van der Waals surface area contributed by atoms with Crippen molar-refractivity contribution in [3.63, 3.8) is 0 Å². The lowest BCUT2D eigenvalue weighted by atomic mass is 9.84. The maximum absolute atomic E-state index is 11.8. The molecule has 0 bridgehead atoms. The molecule has 2 aliphatic heterocycles. The van der Waals surface area contributed by atoms with Gasteiger partial charge in [-0.05, 0) is 17.7 Å². The number of nitro groups is 1. The second-order valence-electron chi connectivity index (χ2n) is 8.72. The monoisotopic (exact) mass is 466 g/mol. The van der Waals surface area contributed by atoms with Crippen LogP contribution in [0.4, 0.5) is 17.1 Å². The normalized spacial score (nSPS) is 23.4. The van der Waals surface area contributed by atoms with Gasteiger partial charge in [0.1, 0.15) is 5.69 Å². The van der Waals surface area contributed by atoms with Gasteiger partial charge in [0.2, 0.25) is 0 Å². The van der Waals surface area contributed by atoms with E-state index in [9.17, 15) is 10.1 Å². The zero-order chi connectivity index (χ0) is 24.0. The Morgan fingerprint density at radius 2 is 1.73 bits per heavy atom. The largest absolute Gasteiger partial charge is 0.346 e. The molecule has 33 heavy (non-hydrogen) atoms. The maximum Gasteiger partial charge on any atom is 0.294 e. The zero-order valence-corrected chi connectivity index (χ0v) is 21.0. The number of para-hydroxylation sites is 2. The number of rotatable bonds is 5. The molecule has 0 amide bonds. The van der Waals surface area contributed by atoms with Crippen molar-refractivity contribution in [3.8, 4) is 0 Å². The predicted molar refractivity (Wildman–Crippen MR) is 136 cm³/mol. The lowest BCUT2D eigenvalue weighted by molar-refractivity contribution is -0.384. The average molecular weight is 467 g/mol. The van der Waals surface area contributed by atoms with Gasteiger partial charge in [0, 0.05) is 50.1 Å². The summed E-state index contributed by atoms with van der Waals surface area (Å²) in [6.07, 6.45) is 1.92. The van der Waals surface area contributed by atoms with E-state index < -0.39 is 7.36 Å². The van der Waals surface area contributed by atoms with Crippen molar-refractivity contribution in [1.29, 1.82) is 0 Å². The summed E-state index contributed by atoms with van der Waals surface area (Å²) in [6.45, 7) is 10.2. The van der Waals surface area contributed by atoms with E-state index in [1.54, 1.807) is 18.2 Å². The fraction of sp³-hybridized carbons (Fsp3) is 0.375. The molecular weight excluding hydrogens is 435 g/mol. The second kappa shape index (κ2) is 8.43. The number of anilines is 1. The molecule has 9 heteroatoms. The predicted octanol–water partition coefficient (Wildman–Crippen LogP) is 6.17. The second-order valence-corrected chi connectivity index (χ2v) is 11.7. The molecule has 0 spiro atoms. The Labute approximate surface area is 195 Å². The molecule has 2 aromatic carbocycles. The lowest BCUT2D eigenvalue weighted by Crippen LogP contribution is -2.30. The van der Waals surface area contributed by atoms with E-state index in [-0.39, 0.29) is 16.0 Å². The highest BCUT2D eigenvalue weighted by Gasteiger charge is 2.48. The van der Waals surface area contributed by atoms with Crippen LogP contribution in [0.15, 0.2) is 69.4 Å². The number of nitro benzene ring substituents is 1. The molecule has 4 rings (SSSR count). The number of hydrazone groups is 1. The Morgan fingerprint density at radius 1 is 1.09 bits per heavy atom. The van der Waals surface area contributed by atoms with Crippen LogP contribution >= 0.6 is 7.36 Å². The van der Waals surface area contributed by atoms with Gasteiger partial charge in [-0.2, -0.15) is 5.10 Å². The van der Waals surface area contributed by atoms with Crippen LogP contribution in [0.2, 0.25) is 0 Å². The van der Waals surface area contributed by atoms with Crippen LogP contribution in [0.3, 0.4) is 0 Å². The van der Waals surface area contributed by atoms with Crippen LogP contribution in [-0.2, 0) is 5.41 Å². The molecule has 0 unspecified atom stereocenters. The van der Waals surface area contributed by atoms with E-state index in [1.165, 1.54) is 11.6 Å². The summed E-state index contributed by atoms with van der Waals surface area (Å²) in [7, 11) is 1.38. The third-order valence-electron chi connectivity index (χ3n) is 6.63. The summed E-state index contributed by atoms with van der Waals surface area (Å²) in [5.74, 6) is 0. The Morgan fingerprint density at radius 3 is 2.36 bits per heavy atom. The van der Waals surface area contributed by atoms with E-state index in [4.69, 9.17) is 9.85 Å². The minimum atomic E-state index is -2.64. The molecule has 0 aromatic heterocycles. The lowest BCUT2D eigenvalue weighted by Gasteiger charge is -2.39. The molecule has 2 heterocycles. The molecule has 8 nitrogen and oxygen atoms in total. The van der Waals surface area contributed by atoms with E-state index in [0.717, 1.165) is 29.8 Å². The number of hydrogen-bond donors (Lipinski definition) is 0. The number of fused-ring (bicyclic) bond motifs is 1. The third-order valence-corrected chi connectivity index (χ3v) is 10.4. The minimum Gasteiger partial charge on any atom is -0.346 e. The van der Waals surface area contributed by atoms with E-state index >= 15 is 0 Å². The molecular formula is C24H31N6O2P. The highest BCUT2D eigenvalue weighted by Crippen LogP contribution is 2.69. The molecule has 0 radical (unpaired) electrons. The van der Waals surface area contributed by atoms with E-state index in [2.05, 4.69) is 68.6 Å². The summed E-state index contributed by atoms with van der Waals surface area (Å²) in [6, 6.07) is 15.2. The van der Waals surface area contributed by atoms with Crippen molar-refractivity contribution in [2.75, 3.05) is 32.1 Å². The number of allylic oxidation sites excluding steroid dienone is 2. The van der Waals surface area contributed by atoms with Crippen molar-refractivity contribution < 1.29 is 4.92 Å². The zero-order valence-electron chi connectivity index (χ0n) is 20.1. The van der Waals surface area contributed by atoms with Gasteiger partial charge in [-0.1, -0.05) is 58.0 Å².